The Balaban J connectivity index is 2.39. The second-order valence-electron chi connectivity index (χ2n) is 3.26. The highest BCUT2D eigenvalue weighted by molar-refractivity contribution is 5.79. The van der Waals surface area contributed by atoms with E-state index < -0.39 is 18.1 Å². The lowest BCUT2D eigenvalue weighted by Gasteiger charge is -2.15. The Morgan fingerprint density at radius 3 is 2.54 bits per heavy atom. The van der Waals surface area contributed by atoms with Crippen LogP contribution in [0, 0.1) is 5.92 Å². The standard InChI is InChI=1S/C8H15NO4/c10-4-3-9-8(13)5-1-2-6(11)7(5)12/h5-7,10-12H,1-4H2,(H,9,13). The smallest absolute Gasteiger partial charge is 0.225 e. The lowest BCUT2D eigenvalue weighted by molar-refractivity contribution is -0.129. The van der Waals surface area contributed by atoms with Crippen molar-refractivity contribution in [2.75, 3.05) is 13.2 Å². The molecule has 3 atom stereocenters. The Morgan fingerprint density at radius 2 is 2.08 bits per heavy atom. The minimum atomic E-state index is -0.960. The van der Waals surface area contributed by atoms with Gasteiger partial charge in [-0.15, -0.1) is 0 Å². The van der Waals surface area contributed by atoms with Crippen molar-refractivity contribution in [2.24, 2.45) is 5.92 Å². The largest absolute Gasteiger partial charge is 0.395 e. The molecular formula is C8H15NO4. The molecule has 1 rings (SSSR count). The molecule has 0 radical (unpaired) electrons. The van der Waals surface area contributed by atoms with Gasteiger partial charge >= 0.3 is 0 Å². The highest BCUT2D eigenvalue weighted by Crippen LogP contribution is 2.25. The van der Waals surface area contributed by atoms with Crippen LogP contribution in [0.15, 0.2) is 0 Å². The molecule has 1 amide bonds. The van der Waals surface area contributed by atoms with Gasteiger partial charge in [0.1, 0.15) is 0 Å². The van der Waals surface area contributed by atoms with Gasteiger partial charge in [0.05, 0.1) is 24.7 Å². The molecular weight excluding hydrogens is 174 g/mol. The molecule has 0 aromatic heterocycles. The summed E-state index contributed by atoms with van der Waals surface area (Å²) in [5, 5.41) is 29.4. The zero-order valence-corrected chi connectivity index (χ0v) is 7.31. The molecule has 13 heavy (non-hydrogen) atoms. The Hall–Kier alpha value is -0.650. The number of rotatable bonds is 3. The molecule has 0 aliphatic heterocycles. The molecule has 0 aromatic rings. The lowest BCUT2D eigenvalue weighted by Crippen LogP contribution is -2.38. The summed E-state index contributed by atoms with van der Waals surface area (Å²) in [6, 6.07) is 0. The van der Waals surface area contributed by atoms with Gasteiger partial charge in [0.15, 0.2) is 0 Å². The molecule has 1 aliphatic carbocycles. The topological polar surface area (TPSA) is 89.8 Å². The van der Waals surface area contributed by atoms with E-state index in [-0.39, 0.29) is 19.1 Å². The second-order valence-corrected chi connectivity index (χ2v) is 3.26. The number of aliphatic hydroxyl groups is 3. The summed E-state index contributed by atoms with van der Waals surface area (Å²) < 4.78 is 0. The fourth-order valence-corrected chi connectivity index (χ4v) is 1.56. The molecule has 3 unspecified atom stereocenters. The predicted octanol–water partition coefficient (Wildman–Crippen LogP) is -1.77. The second kappa shape index (κ2) is 4.55. The molecule has 1 aliphatic rings. The van der Waals surface area contributed by atoms with Gasteiger partial charge in [-0.1, -0.05) is 0 Å². The van der Waals surface area contributed by atoms with Crippen LogP contribution < -0.4 is 5.32 Å². The van der Waals surface area contributed by atoms with Crippen molar-refractivity contribution in [2.45, 2.75) is 25.0 Å². The van der Waals surface area contributed by atoms with Gasteiger partial charge in [-0.05, 0) is 12.8 Å². The van der Waals surface area contributed by atoms with Crippen LogP contribution in [0.4, 0.5) is 0 Å². The van der Waals surface area contributed by atoms with E-state index in [1.807, 2.05) is 0 Å². The summed E-state index contributed by atoms with van der Waals surface area (Å²) in [7, 11) is 0. The van der Waals surface area contributed by atoms with E-state index in [0.717, 1.165) is 0 Å². The van der Waals surface area contributed by atoms with Crippen molar-refractivity contribution in [1.82, 2.24) is 5.32 Å². The van der Waals surface area contributed by atoms with Crippen LogP contribution >= 0.6 is 0 Å². The van der Waals surface area contributed by atoms with Crippen molar-refractivity contribution in [3.8, 4) is 0 Å². The monoisotopic (exact) mass is 189 g/mol. The predicted molar refractivity (Wildman–Crippen MR) is 44.8 cm³/mol. The van der Waals surface area contributed by atoms with E-state index in [2.05, 4.69) is 5.32 Å². The molecule has 0 saturated heterocycles. The lowest BCUT2D eigenvalue weighted by atomic mass is 10.1. The number of aliphatic hydroxyl groups excluding tert-OH is 3. The summed E-state index contributed by atoms with van der Waals surface area (Å²) in [6.07, 6.45) is -0.790. The van der Waals surface area contributed by atoms with Gasteiger partial charge in [0, 0.05) is 6.54 Å². The fourth-order valence-electron chi connectivity index (χ4n) is 1.56. The Kier molecular flexibility index (Phi) is 3.65. The zero-order chi connectivity index (χ0) is 9.84. The molecule has 0 heterocycles. The van der Waals surface area contributed by atoms with Gasteiger partial charge in [0.25, 0.3) is 0 Å². The Morgan fingerprint density at radius 1 is 1.38 bits per heavy atom. The summed E-state index contributed by atoms with van der Waals surface area (Å²) >= 11 is 0. The maximum absolute atomic E-state index is 11.3. The van der Waals surface area contributed by atoms with Crippen LogP contribution in [0.5, 0.6) is 0 Å². The quantitative estimate of drug-likeness (QED) is 0.423. The first-order valence-electron chi connectivity index (χ1n) is 4.41. The van der Waals surface area contributed by atoms with Crippen molar-refractivity contribution >= 4 is 5.91 Å². The maximum Gasteiger partial charge on any atom is 0.225 e. The van der Waals surface area contributed by atoms with E-state index in [0.29, 0.717) is 12.8 Å². The number of nitrogens with one attached hydrogen (secondary N) is 1. The van der Waals surface area contributed by atoms with Gasteiger partial charge in [-0.2, -0.15) is 0 Å². The number of carbonyl (C=O) groups is 1. The molecule has 5 nitrogen and oxygen atoms in total. The van der Waals surface area contributed by atoms with Crippen molar-refractivity contribution in [3.05, 3.63) is 0 Å². The first-order valence-corrected chi connectivity index (χ1v) is 4.41. The van der Waals surface area contributed by atoms with Crippen LogP contribution in [0.3, 0.4) is 0 Å². The van der Waals surface area contributed by atoms with Crippen LogP contribution in [-0.4, -0.2) is 46.6 Å². The average molecular weight is 189 g/mol. The Bertz CT molecular complexity index is 185. The minimum absolute atomic E-state index is 0.114. The van der Waals surface area contributed by atoms with Crippen LogP contribution in [0.25, 0.3) is 0 Å². The highest BCUT2D eigenvalue weighted by atomic mass is 16.3. The third-order valence-electron chi connectivity index (χ3n) is 2.33. The van der Waals surface area contributed by atoms with E-state index in [9.17, 15) is 9.90 Å². The van der Waals surface area contributed by atoms with E-state index in [1.54, 1.807) is 0 Å². The molecule has 4 N–H and O–H groups in total. The fraction of sp³-hybridized carbons (Fsp3) is 0.875. The van der Waals surface area contributed by atoms with Gasteiger partial charge in [-0.3, -0.25) is 4.79 Å². The van der Waals surface area contributed by atoms with Crippen LogP contribution in [-0.2, 0) is 4.79 Å². The first-order chi connectivity index (χ1) is 6.16. The van der Waals surface area contributed by atoms with Gasteiger partial charge in [-0.25, -0.2) is 0 Å². The molecule has 0 spiro atoms. The van der Waals surface area contributed by atoms with Crippen molar-refractivity contribution in [1.29, 1.82) is 0 Å². The van der Waals surface area contributed by atoms with Gasteiger partial charge in [0.2, 0.25) is 5.91 Å². The zero-order valence-electron chi connectivity index (χ0n) is 7.31. The van der Waals surface area contributed by atoms with E-state index >= 15 is 0 Å². The number of hydrogen-bond donors (Lipinski definition) is 4. The number of carbonyl (C=O) groups excluding carboxylic acids is 1. The molecule has 5 heteroatoms. The minimum Gasteiger partial charge on any atom is -0.395 e. The summed E-state index contributed by atoms with van der Waals surface area (Å²) in [6.45, 7) is 0.0786. The summed E-state index contributed by atoms with van der Waals surface area (Å²) in [5.74, 6) is -0.820. The van der Waals surface area contributed by atoms with Crippen molar-refractivity contribution in [3.63, 3.8) is 0 Å². The third-order valence-corrected chi connectivity index (χ3v) is 2.33. The molecule has 0 aromatic carbocycles. The van der Waals surface area contributed by atoms with Gasteiger partial charge < -0.3 is 20.6 Å². The van der Waals surface area contributed by atoms with E-state index in [4.69, 9.17) is 10.2 Å². The molecule has 1 saturated carbocycles. The first kappa shape index (κ1) is 10.4. The van der Waals surface area contributed by atoms with Crippen LogP contribution in [0.2, 0.25) is 0 Å². The third kappa shape index (κ3) is 2.40. The average Bonchev–Trinajstić information content (AvgIpc) is 2.44. The molecule has 76 valence electrons. The molecule has 0 bridgehead atoms. The SMILES string of the molecule is O=C(NCCO)C1CCC(O)C1O. The van der Waals surface area contributed by atoms with E-state index in [1.165, 1.54) is 0 Å². The number of hydrogen-bond acceptors (Lipinski definition) is 4. The van der Waals surface area contributed by atoms with Crippen molar-refractivity contribution < 1.29 is 20.1 Å². The summed E-state index contributed by atoms with van der Waals surface area (Å²) in [5.41, 5.74) is 0. The Labute approximate surface area is 76.4 Å². The summed E-state index contributed by atoms with van der Waals surface area (Å²) in [4.78, 5) is 11.3. The highest BCUT2D eigenvalue weighted by Gasteiger charge is 2.37. The number of amides is 1. The maximum atomic E-state index is 11.3. The molecule has 1 fully saturated rings. The normalized spacial score (nSPS) is 33.3. The van der Waals surface area contributed by atoms with Crippen LogP contribution in [0.1, 0.15) is 12.8 Å².